The average molecular weight is 297 g/mol. The first-order valence-electron chi connectivity index (χ1n) is 7.02. The molecule has 1 saturated carbocycles. The van der Waals surface area contributed by atoms with Crippen LogP contribution in [0.4, 0.5) is 5.69 Å². The summed E-state index contributed by atoms with van der Waals surface area (Å²) in [6, 6.07) is 18.5. The van der Waals surface area contributed by atoms with Crippen LogP contribution >= 0.6 is 11.6 Å². The van der Waals surface area contributed by atoms with Crippen molar-refractivity contribution in [3.63, 3.8) is 0 Å². The van der Waals surface area contributed by atoms with Crippen LogP contribution in [0.5, 0.6) is 0 Å². The van der Waals surface area contributed by atoms with E-state index in [9.17, 15) is 5.26 Å². The first kappa shape index (κ1) is 14.0. The molecular formula is C18H17ClN2. The fraction of sp³-hybridized carbons (Fsp3) is 0.278. The molecular weight excluding hydrogens is 280 g/mol. The molecule has 3 heteroatoms. The molecule has 1 aliphatic carbocycles. The minimum Gasteiger partial charge on any atom is -0.377 e. The summed E-state index contributed by atoms with van der Waals surface area (Å²) in [6.07, 6.45) is 0.856. The fourth-order valence-corrected chi connectivity index (χ4v) is 3.29. The van der Waals surface area contributed by atoms with Gasteiger partial charge >= 0.3 is 0 Å². The van der Waals surface area contributed by atoms with E-state index in [0.717, 1.165) is 12.0 Å². The molecule has 106 valence electrons. The number of hydrogen-bond acceptors (Lipinski definition) is 2. The van der Waals surface area contributed by atoms with Gasteiger partial charge in [0.2, 0.25) is 0 Å². The van der Waals surface area contributed by atoms with Gasteiger partial charge in [-0.05, 0) is 35.7 Å². The van der Waals surface area contributed by atoms with Crippen LogP contribution in [-0.4, -0.2) is 14.1 Å². The molecule has 1 aliphatic rings. The van der Waals surface area contributed by atoms with E-state index in [2.05, 4.69) is 23.1 Å². The van der Waals surface area contributed by atoms with Gasteiger partial charge in [0.15, 0.2) is 0 Å². The summed E-state index contributed by atoms with van der Waals surface area (Å²) in [5.41, 5.74) is 3.01. The summed E-state index contributed by atoms with van der Waals surface area (Å²) < 4.78 is 0. The van der Waals surface area contributed by atoms with Crippen LogP contribution in [0.2, 0.25) is 5.02 Å². The van der Waals surface area contributed by atoms with Gasteiger partial charge in [0.25, 0.3) is 0 Å². The Morgan fingerprint density at radius 3 is 2.62 bits per heavy atom. The van der Waals surface area contributed by atoms with Gasteiger partial charge in [-0.15, -0.1) is 0 Å². The van der Waals surface area contributed by atoms with E-state index in [1.807, 2.05) is 50.5 Å². The first-order valence-corrected chi connectivity index (χ1v) is 7.40. The highest BCUT2D eigenvalue weighted by molar-refractivity contribution is 6.30. The van der Waals surface area contributed by atoms with Gasteiger partial charge < -0.3 is 4.90 Å². The molecule has 0 aliphatic heterocycles. The minimum atomic E-state index is -0.434. The van der Waals surface area contributed by atoms with Crippen molar-refractivity contribution < 1.29 is 0 Å². The molecule has 2 atom stereocenters. The summed E-state index contributed by atoms with van der Waals surface area (Å²) in [5, 5.41) is 10.4. The highest BCUT2D eigenvalue weighted by atomic mass is 35.5. The minimum absolute atomic E-state index is 0.236. The van der Waals surface area contributed by atoms with Crippen molar-refractivity contribution in [3.8, 4) is 6.07 Å². The zero-order valence-electron chi connectivity index (χ0n) is 12.2. The molecule has 2 nitrogen and oxygen atoms in total. The summed E-state index contributed by atoms with van der Waals surface area (Å²) in [7, 11) is 4.07. The van der Waals surface area contributed by atoms with Crippen molar-refractivity contribution in [2.45, 2.75) is 17.8 Å². The lowest BCUT2D eigenvalue weighted by molar-refractivity contribution is 0.853. The van der Waals surface area contributed by atoms with E-state index >= 15 is 0 Å². The summed E-state index contributed by atoms with van der Waals surface area (Å²) in [4.78, 5) is 2.10. The average Bonchev–Trinajstić information content (AvgIpc) is 3.23. The number of anilines is 1. The molecule has 0 heterocycles. The quantitative estimate of drug-likeness (QED) is 0.841. The monoisotopic (exact) mass is 296 g/mol. The largest absolute Gasteiger partial charge is 0.377 e. The molecule has 0 aromatic heterocycles. The second kappa shape index (κ2) is 5.09. The molecule has 2 unspecified atom stereocenters. The third-order valence-electron chi connectivity index (χ3n) is 4.29. The predicted octanol–water partition coefficient (Wildman–Crippen LogP) is 4.35. The van der Waals surface area contributed by atoms with Crippen molar-refractivity contribution in [2.24, 2.45) is 0 Å². The molecule has 21 heavy (non-hydrogen) atoms. The Morgan fingerprint density at radius 1 is 1.19 bits per heavy atom. The normalized spacial score (nSPS) is 23.4. The Balaban J connectivity index is 2.03. The maximum atomic E-state index is 9.76. The Hall–Kier alpha value is -1.98. The number of rotatable bonds is 3. The van der Waals surface area contributed by atoms with E-state index in [0.29, 0.717) is 5.02 Å². The number of halogens is 1. The van der Waals surface area contributed by atoms with Gasteiger partial charge in [-0.25, -0.2) is 0 Å². The Bertz CT molecular complexity index is 717. The van der Waals surface area contributed by atoms with Crippen LogP contribution in [0, 0.1) is 11.3 Å². The molecule has 2 aromatic rings. The summed E-state index contributed by atoms with van der Waals surface area (Å²) in [6.45, 7) is 0. The third kappa shape index (κ3) is 2.28. The molecule has 1 fully saturated rings. The molecule has 0 spiro atoms. The van der Waals surface area contributed by atoms with Gasteiger partial charge in [-0.3, -0.25) is 0 Å². The maximum absolute atomic E-state index is 9.76. The lowest BCUT2D eigenvalue weighted by atomic mass is 9.91. The second-order valence-corrected chi connectivity index (χ2v) is 6.24. The molecule has 3 rings (SSSR count). The van der Waals surface area contributed by atoms with Crippen molar-refractivity contribution in [1.29, 1.82) is 5.26 Å². The van der Waals surface area contributed by atoms with Gasteiger partial charge in [0.05, 0.1) is 11.5 Å². The van der Waals surface area contributed by atoms with Gasteiger partial charge in [0.1, 0.15) is 0 Å². The van der Waals surface area contributed by atoms with E-state index in [1.165, 1.54) is 11.3 Å². The lowest BCUT2D eigenvalue weighted by Crippen LogP contribution is -2.13. The third-order valence-corrected chi connectivity index (χ3v) is 4.53. The van der Waals surface area contributed by atoms with E-state index in [-0.39, 0.29) is 5.92 Å². The number of para-hydroxylation sites is 1. The molecule has 0 bridgehead atoms. The highest BCUT2D eigenvalue weighted by Gasteiger charge is 2.57. The molecule has 2 aromatic carbocycles. The highest BCUT2D eigenvalue weighted by Crippen LogP contribution is 2.61. The van der Waals surface area contributed by atoms with Crippen molar-refractivity contribution in [3.05, 3.63) is 64.7 Å². The lowest BCUT2D eigenvalue weighted by Gasteiger charge is -2.18. The van der Waals surface area contributed by atoms with Crippen LogP contribution in [0.3, 0.4) is 0 Å². The Labute approximate surface area is 130 Å². The topological polar surface area (TPSA) is 27.0 Å². The zero-order chi connectivity index (χ0) is 15.0. The zero-order valence-corrected chi connectivity index (χ0v) is 12.9. The summed E-state index contributed by atoms with van der Waals surface area (Å²) in [5.74, 6) is 0.236. The second-order valence-electron chi connectivity index (χ2n) is 5.80. The predicted molar refractivity (Wildman–Crippen MR) is 86.9 cm³/mol. The number of hydrogen-bond donors (Lipinski definition) is 0. The Kier molecular flexibility index (Phi) is 3.39. The van der Waals surface area contributed by atoms with Crippen LogP contribution < -0.4 is 4.90 Å². The number of benzene rings is 2. The van der Waals surface area contributed by atoms with Crippen LogP contribution in [-0.2, 0) is 5.41 Å². The van der Waals surface area contributed by atoms with Crippen molar-refractivity contribution in [1.82, 2.24) is 0 Å². The van der Waals surface area contributed by atoms with Crippen molar-refractivity contribution >= 4 is 17.3 Å². The fourth-order valence-electron chi connectivity index (χ4n) is 3.10. The molecule has 0 radical (unpaired) electrons. The number of nitrogens with zero attached hydrogens (tertiary/aromatic N) is 2. The molecule has 0 saturated heterocycles. The van der Waals surface area contributed by atoms with Crippen molar-refractivity contribution in [2.75, 3.05) is 19.0 Å². The van der Waals surface area contributed by atoms with E-state index in [1.54, 1.807) is 0 Å². The standard InChI is InChI=1S/C18H17ClN2/c1-21(2)17-9-4-3-8-15(17)16-11-18(16,12-20)13-6-5-7-14(19)10-13/h3-10,16H,11H2,1-2H3. The van der Waals surface area contributed by atoms with Gasteiger partial charge in [0, 0.05) is 30.7 Å². The Morgan fingerprint density at radius 2 is 1.95 bits per heavy atom. The van der Waals surface area contributed by atoms with Crippen LogP contribution in [0.25, 0.3) is 0 Å². The van der Waals surface area contributed by atoms with Gasteiger partial charge in [-0.1, -0.05) is 41.9 Å². The molecule has 0 N–H and O–H groups in total. The van der Waals surface area contributed by atoms with Gasteiger partial charge in [-0.2, -0.15) is 5.26 Å². The van der Waals surface area contributed by atoms with Crippen LogP contribution in [0.1, 0.15) is 23.5 Å². The first-order chi connectivity index (χ1) is 10.1. The number of nitriles is 1. The van der Waals surface area contributed by atoms with Crippen LogP contribution in [0.15, 0.2) is 48.5 Å². The smallest absolute Gasteiger partial charge is 0.0899 e. The SMILES string of the molecule is CN(C)c1ccccc1C1CC1(C#N)c1cccc(Cl)c1. The van der Waals surface area contributed by atoms with E-state index < -0.39 is 5.41 Å². The summed E-state index contributed by atoms with van der Waals surface area (Å²) >= 11 is 6.09. The van der Waals surface area contributed by atoms with E-state index in [4.69, 9.17) is 11.6 Å². The maximum Gasteiger partial charge on any atom is 0.0899 e. The molecule has 0 amide bonds.